The maximum Gasteiger partial charge on any atom is 0.139 e. The molecule has 0 spiro atoms. The lowest BCUT2D eigenvalue weighted by atomic mass is 9.51. The Bertz CT molecular complexity index is 735. The first-order chi connectivity index (χ1) is 13.5. The number of carbonyl (C=O) groups is 1. The predicted molar refractivity (Wildman–Crippen MR) is 109 cm³/mol. The number of alkyl halides is 1. The van der Waals surface area contributed by atoms with Crippen LogP contribution in [0.3, 0.4) is 0 Å². The molecule has 3 aliphatic rings. The number of fused-ring (bicyclic) bond motifs is 5. The molecule has 28 heavy (non-hydrogen) atoms. The molecule has 3 nitrogen and oxygen atoms in total. The number of nitrogens with one attached hydrogen (secondary N) is 1. The van der Waals surface area contributed by atoms with Gasteiger partial charge in [-0.15, -0.1) is 0 Å². The number of aromatic hydroxyl groups is 1. The Morgan fingerprint density at radius 2 is 2.11 bits per heavy atom. The van der Waals surface area contributed by atoms with Gasteiger partial charge in [-0.25, -0.2) is 4.39 Å². The molecule has 0 heterocycles. The van der Waals surface area contributed by atoms with E-state index in [9.17, 15) is 9.90 Å². The molecular formula is C24H34FNO2. The van der Waals surface area contributed by atoms with Crippen molar-refractivity contribution in [3.63, 3.8) is 0 Å². The molecule has 154 valence electrons. The van der Waals surface area contributed by atoms with Gasteiger partial charge in [-0.1, -0.05) is 25.8 Å². The van der Waals surface area contributed by atoms with E-state index in [-0.39, 0.29) is 23.4 Å². The van der Waals surface area contributed by atoms with Crippen LogP contribution >= 0.6 is 0 Å². The highest BCUT2D eigenvalue weighted by molar-refractivity contribution is 5.87. The van der Waals surface area contributed by atoms with Gasteiger partial charge in [0, 0.05) is 17.8 Å². The zero-order chi connectivity index (χ0) is 19.9. The molecule has 0 aromatic heterocycles. The molecule has 0 amide bonds. The van der Waals surface area contributed by atoms with Crippen molar-refractivity contribution in [2.24, 2.45) is 23.2 Å². The molecule has 4 heteroatoms. The van der Waals surface area contributed by atoms with Crippen molar-refractivity contribution in [2.75, 3.05) is 13.6 Å². The minimum Gasteiger partial charge on any atom is -0.508 e. The molecule has 2 fully saturated rings. The van der Waals surface area contributed by atoms with E-state index in [0.717, 1.165) is 43.4 Å². The number of hydrogen-bond acceptors (Lipinski definition) is 3. The van der Waals surface area contributed by atoms with Crippen LogP contribution in [0.4, 0.5) is 4.39 Å². The van der Waals surface area contributed by atoms with E-state index < -0.39 is 11.6 Å². The lowest BCUT2D eigenvalue weighted by molar-refractivity contribution is -0.132. The molecule has 0 radical (unpaired) electrons. The van der Waals surface area contributed by atoms with E-state index in [2.05, 4.69) is 5.32 Å². The Balaban J connectivity index is 1.64. The minimum absolute atomic E-state index is 0.115. The molecule has 2 N–H and O–H groups in total. The molecule has 6 atom stereocenters. The fourth-order valence-electron chi connectivity index (χ4n) is 6.72. The van der Waals surface area contributed by atoms with E-state index in [0.29, 0.717) is 24.7 Å². The zero-order valence-corrected chi connectivity index (χ0v) is 17.2. The first-order valence-corrected chi connectivity index (χ1v) is 11.1. The number of ketones is 1. The third-order valence-corrected chi connectivity index (χ3v) is 8.04. The number of Topliss-reactive ketones (excluding diaryl/α,β-unsaturated/α-hetero) is 1. The maximum absolute atomic E-state index is 15.6. The fourth-order valence-corrected chi connectivity index (χ4v) is 6.72. The molecule has 0 aliphatic heterocycles. The predicted octanol–water partition coefficient (Wildman–Crippen LogP) is 4.77. The number of halogens is 1. The number of phenolic OH excluding ortho intramolecular Hbond substituents is 1. The summed E-state index contributed by atoms with van der Waals surface area (Å²) in [6.45, 7) is 3.07. The third kappa shape index (κ3) is 3.28. The smallest absolute Gasteiger partial charge is 0.139 e. The van der Waals surface area contributed by atoms with E-state index >= 15 is 4.39 Å². The average molecular weight is 388 g/mol. The molecule has 4 rings (SSSR count). The summed E-state index contributed by atoms with van der Waals surface area (Å²) < 4.78 is 15.6. The van der Waals surface area contributed by atoms with Crippen LogP contribution in [0.25, 0.3) is 0 Å². The molecule has 0 saturated heterocycles. The van der Waals surface area contributed by atoms with Crippen molar-refractivity contribution in [3.05, 3.63) is 29.3 Å². The van der Waals surface area contributed by atoms with Crippen LogP contribution in [0.2, 0.25) is 0 Å². The minimum atomic E-state index is -0.969. The lowest BCUT2D eigenvalue weighted by Crippen LogP contribution is -2.50. The summed E-state index contributed by atoms with van der Waals surface area (Å²) in [5, 5.41) is 13.2. The Morgan fingerprint density at radius 1 is 1.29 bits per heavy atom. The van der Waals surface area contributed by atoms with Crippen molar-refractivity contribution in [1.29, 1.82) is 0 Å². The van der Waals surface area contributed by atoms with Crippen LogP contribution in [0.15, 0.2) is 18.2 Å². The van der Waals surface area contributed by atoms with Gasteiger partial charge in [-0.2, -0.15) is 0 Å². The highest BCUT2D eigenvalue weighted by atomic mass is 19.1. The van der Waals surface area contributed by atoms with Gasteiger partial charge in [-0.05, 0) is 86.7 Å². The summed E-state index contributed by atoms with van der Waals surface area (Å²) in [5.74, 6) is 1.40. The van der Waals surface area contributed by atoms with Gasteiger partial charge in [0.15, 0.2) is 0 Å². The van der Waals surface area contributed by atoms with Gasteiger partial charge in [0.1, 0.15) is 17.7 Å². The van der Waals surface area contributed by atoms with Crippen LogP contribution in [0.5, 0.6) is 5.75 Å². The van der Waals surface area contributed by atoms with Gasteiger partial charge >= 0.3 is 0 Å². The molecule has 0 bridgehead atoms. The first kappa shape index (κ1) is 19.9. The molecule has 2 saturated carbocycles. The highest BCUT2D eigenvalue weighted by Crippen LogP contribution is 2.62. The molecule has 1 aromatic rings. The van der Waals surface area contributed by atoms with Crippen LogP contribution in [0.1, 0.15) is 68.9 Å². The summed E-state index contributed by atoms with van der Waals surface area (Å²) in [6, 6.07) is 5.49. The Hall–Kier alpha value is -1.42. The standard InChI is InChI=1S/C24H34FNO2/c1-24-14-20(25)23-18-8-7-17(27)13-16(18)12-15(6-4-3-5-11-26-2)22(23)19(24)9-10-21(24)28/h7-8,13,15,19-20,22-23,26-27H,3-6,9-12,14H2,1-2H3/t15-,19-,20-,22-,23-,24-/m0/s1. The summed E-state index contributed by atoms with van der Waals surface area (Å²) >= 11 is 0. The first-order valence-electron chi connectivity index (χ1n) is 11.1. The van der Waals surface area contributed by atoms with Crippen molar-refractivity contribution in [1.82, 2.24) is 5.32 Å². The number of hydrogen-bond donors (Lipinski definition) is 2. The van der Waals surface area contributed by atoms with Crippen LogP contribution in [0, 0.1) is 23.2 Å². The van der Waals surface area contributed by atoms with E-state index in [1.165, 1.54) is 12.8 Å². The molecule has 3 aliphatic carbocycles. The van der Waals surface area contributed by atoms with E-state index in [1.807, 2.05) is 26.1 Å². The van der Waals surface area contributed by atoms with Gasteiger partial charge in [-0.3, -0.25) is 4.79 Å². The summed E-state index contributed by atoms with van der Waals surface area (Å²) in [4.78, 5) is 12.7. The Morgan fingerprint density at radius 3 is 2.89 bits per heavy atom. The second-order valence-electron chi connectivity index (χ2n) is 9.61. The zero-order valence-electron chi connectivity index (χ0n) is 17.2. The second-order valence-corrected chi connectivity index (χ2v) is 9.61. The number of rotatable bonds is 6. The quantitative estimate of drug-likeness (QED) is 0.691. The van der Waals surface area contributed by atoms with Gasteiger partial charge in [0.2, 0.25) is 0 Å². The lowest BCUT2D eigenvalue weighted by Gasteiger charge is -2.53. The largest absolute Gasteiger partial charge is 0.508 e. The van der Waals surface area contributed by atoms with Crippen LogP contribution in [-0.4, -0.2) is 30.7 Å². The average Bonchev–Trinajstić information content (AvgIpc) is 2.95. The van der Waals surface area contributed by atoms with E-state index in [1.54, 1.807) is 6.07 Å². The third-order valence-electron chi connectivity index (χ3n) is 8.04. The van der Waals surface area contributed by atoms with Crippen molar-refractivity contribution < 1.29 is 14.3 Å². The summed E-state index contributed by atoms with van der Waals surface area (Å²) in [5.41, 5.74) is 1.74. The molecule has 0 unspecified atom stereocenters. The van der Waals surface area contributed by atoms with Gasteiger partial charge in [0.05, 0.1) is 0 Å². The number of unbranched alkanes of at least 4 members (excludes halogenated alkanes) is 2. The summed E-state index contributed by atoms with van der Waals surface area (Å²) in [6.07, 6.45) is 6.44. The normalized spacial score (nSPS) is 36.7. The number of carbonyl (C=O) groups excluding carboxylic acids is 1. The topological polar surface area (TPSA) is 49.3 Å². The highest BCUT2D eigenvalue weighted by Gasteiger charge is 2.60. The van der Waals surface area contributed by atoms with Gasteiger partial charge in [0.25, 0.3) is 0 Å². The van der Waals surface area contributed by atoms with Crippen molar-refractivity contribution in [2.45, 2.75) is 70.4 Å². The van der Waals surface area contributed by atoms with Crippen molar-refractivity contribution in [3.8, 4) is 5.75 Å². The van der Waals surface area contributed by atoms with Crippen LogP contribution < -0.4 is 5.32 Å². The number of phenols is 1. The Kier molecular flexibility index (Phi) is 5.52. The SMILES string of the molecule is CNCCCCC[C@H]1Cc2cc(O)ccc2[C@@H]2[C@@H]1[C@@H]1CCC(=O)[C@@]1(C)C[C@@H]2F. The molecule has 1 aromatic carbocycles. The van der Waals surface area contributed by atoms with Crippen LogP contribution in [-0.2, 0) is 11.2 Å². The monoisotopic (exact) mass is 387 g/mol. The fraction of sp³-hybridized carbons (Fsp3) is 0.708. The summed E-state index contributed by atoms with van der Waals surface area (Å²) in [7, 11) is 1.98. The van der Waals surface area contributed by atoms with Gasteiger partial charge < -0.3 is 10.4 Å². The number of benzene rings is 1. The van der Waals surface area contributed by atoms with Crippen molar-refractivity contribution >= 4 is 5.78 Å². The molecular weight excluding hydrogens is 353 g/mol. The van der Waals surface area contributed by atoms with E-state index in [4.69, 9.17) is 0 Å². The maximum atomic E-state index is 15.6. The Labute approximate surface area is 168 Å². The second kappa shape index (κ2) is 7.78.